The van der Waals surface area contributed by atoms with Crippen molar-refractivity contribution in [3.8, 4) is 11.3 Å². The molecular formula is C22H19F2N5OS. The monoisotopic (exact) mass is 439 g/mol. The Labute approximate surface area is 181 Å². The summed E-state index contributed by atoms with van der Waals surface area (Å²) in [4.78, 5) is 22.3. The normalized spacial score (nSPS) is 15.7. The van der Waals surface area contributed by atoms with Gasteiger partial charge in [0.1, 0.15) is 10.5 Å². The van der Waals surface area contributed by atoms with E-state index < -0.39 is 17.9 Å². The van der Waals surface area contributed by atoms with E-state index in [-0.39, 0.29) is 18.5 Å². The number of carbonyl (C=O) groups is 1. The Morgan fingerprint density at radius 3 is 2.81 bits per heavy atom. The molecule has 1 N–H and O–H groups in total. The van der Waals surface area contributed by atoms with Gasteiger partial charge >= 0.3 is 0 Å². The molecule has 0 atom stereocenters. The van der Waals surface area contributed by atoms with Crippen LogP contribution in [0.25, 0.3) is 21.5 Å². The van der Waals surface area contributed by atoms with Gasteiger partial charge in [-0.1, -0.05) is 6.07 Å². The summed E-state index contributed by atoms with van der Waals surface area (Å²) in [5.41, 5.74) is 3.98. The molecule has 5 rings (SSSR count). The molecule has 0 radical (unpaired) electrons. The summed E-state index contributed by atoms with van der Waals surface area (Å²) in [6.45, 7) is 0. The summed E-state index contributed by atoms with van der Waals surface area (Å²) in [5.74, 6) is -3.09. The lowest BCUT2D eigenvalue weighted by Crippen LogP contribution is -2.50. The Hall–Kier alpha value is -3.20. The standard InChI is InChI=1S/C22H19F2N5OS/c1-29-12-15(11-26-29)18-3-2-13(10-25-18)6-14-7-19(28-21-17(14)4-5-31-21)20(30)27-16-8-22(23,24)9-16/h2-5,7,10-12,16H,6,8-9H2,1H3,(H,27,30). The number of amides is 1. The van der Waals surface area contributed by atoms with Gasteiger partial charge in [-0.25, -0.2) is 13.8 Å². The highest BCUT2D eigenvalue weighted by Crippen LogP contribution is 2.37. The molecule has 158 valence electrons. The smallest absolute Gasteiger partial charge is 0.270 e. The molecule has 0 aliphatic heterocycles. The second-order valence-corrected chi connectivity index (χ2v) is 8.77. The minimum Gasteiger partial charge on any atom is -0.348 e. The van der Waals surface area contributed by atoms with Crippen LogP contribution in [0.2, 0.25) is 0 Å². The van der Waals surface area contributed by atoms with Crippen LogP contribution >= 0.6 is 11.3 Å². The molecule has 0 spiro atoms. The summed E-state index contributed by atoms with van der Waals surface area (Å²) in [7, 11) is 1.86. The highest BCUT2D eigenvalue weighted by atomic mass is 32.1. The van der Waals surface area contributed by atoms with Gasteiger partial charge in [0.2, 0.25) is 0 Å². The molecule has 1 aliphatic rings. The molecule has 0 bridgehead atoms. The maximum absolute atomic E-state index is 13.1. The second kappa shape index (κ2) is 7.49. The van der Waals surface area contributed by atoms with Gasteiger partial charge in [-0.05, 0) is 41.1 Å². The number of fused-ring (bicyclic) bond motifs is 1. The fourth-order valence-electron chi connectivity index (χ4n) is 3.78. The number of aryl methyl sites for hydroxylation is 1. The number of thiophene rings is 1. The molecule has 6 nitrogen and oxygen atoms in total. The van der Waals surface area contributed by atoms with Crippen LogP contribution in [0.1, 0.15) is 34.5 Å². The number of halogens is 2. The van der Waals surface area contributed by atoms with Gasteiger partial charge < -0.3 is 5.32 Å². The quantitative estimate of drug-likeness (QED) is 0.506. The average molecular weight is 439 g/mol. The lowest BCUT2D eigenvalue weighted by molar-refractivity contribution is -0.0901. The number of nitrogens with zero attached hydrogens (tertiary/aromatic N) is 4. The molecule has 1 fully saturated rings. The summed E-state index contributed by atoms with van der Waals surface area (Å²) in [6.07, 6.45) is 5.43. The zero-order chi connectivity index (χ0) is 21.6. The number of rotatable bonds is 5. The number of alkyl halides is 2. The third-order valence-electron chi connectivity index (χ3n) is 5.40. The van der Waals surface area contributed by atoms with Crippen molar-refractivity contribution in [3.05, 3.63) is 65.1 Å². The number of aromatic nitrogens is 4. The van der Waals surface area contributed by atoms with Crippen LogP contribution in [0.15, 0.2) is 48.2 Å². The van der Waals surface area contributed by atoms with Gasteiger partial charge in [-0.3, -0.25) is 14.5 Å². The third kappa shape index (κ3) is 4.05. The third-order valence-corrected chi connectivity index (χ3v) is 6.21. The fourth-order valence-corrected chi connectivity index (χ4v) is 4.59. The first-order chi connectivity index (χ1) is 14.9. The molecule has 1 aliphatic carbocycles. The highest BCUT2D eigenvalue weighted by Gasteiger charge is 2.46. The Balaban J connectivity index is 1.38. The van der Waals surface area contributed by atoms with Crippen molar-refractivity contribution >= 4 is 27.5 Å². The molecule has 31 heavy (non-hydrogen) atoms. The Bertz CT molecular complexity index is 1260. The molecule has 4 aromatic rings. The molecule has 0 aromatic carbocycles. The van der Waals surface area contributed by atoms with E-state index in [1.165, 1.54) is 11.3 Å². The largest absolute Gasteiger partial charge is 0.348 e. The molecule has 4 aromatic heterocycles. The van der Waals surface area contributed by atoms with Gasteiger partial charge in [0.15, 0.2) is 0 Å². The zero-order valence-electron chi connectivity index (χ0n) is 16.7. The summed E-state index contributed by atoms with van der Waals surface area (Å²) < 4.78 is 27.9. The van der Waals surface area contributed by atoms with Crippen molar-refractivity contribution in [2.75, 3.05) is 0 Å². The van der Waals surface area contributed by atoms with E-state index in [0.29, 0.717) is 6.42 Å². The van der Waals surface area contributed by atoms with Crippen LogP contribution in [0.4, 0.5) is 8.78 Å². The average Bonchev–Trinajstić information content (AvgIpc) is 3.36. The van der Waals surface area contributed by atoms with Crippen LogP contribution in [0, 0.1) is 0 Å². The van der Waals surface area contributed by atoms with E-state index in [9.17, 15) is 13.6 Å². The summed E-state index contributed by atoms with van der Waals surface area (Å²) in [5, 5.41) is 9.74. The molecule has 1 saturated carbocycles. The van der Waals surface area contributed by atoms with E-state index in [1.54, 1.807) is 16.9 Å². The second-order valence-electron chi connectivity index (χ2n) is 7.87. The first kappa shape index (κ1) is 19.7. The van der Waals surface area contributed by atoms with Gasteiger partial charge in [0.05, 0.1) is 11.9 Å². The van der Waals surface area contributed by atoms with E-state index in [4.69, 9.17) is 0 Å². The van der Waals surface area contributed by atoms with Crippen molar-refractivity contribution in [1.29, 1.82) is 0 Å². The van der Waals surface area contributed by atoms with Gasteiger partial charge in [0.25, 0.3) is 11.8 Å². The molecular weight excluding hydrogens is 420 g/mol. The lowest BCUT2D eigenvalue weighted by Gasteiger charge is -2.35. The Morgan fingerprint density at radius 1 is 1.29 bits per heavy atom. The Kier molecular flexibility index (Phi) is 4.77. The molecule has 1 amide bonds. The van der Waals surface area contributed by atoms with Crippen molar-refractivity contribution in [1.82, 2.24) is 25.1 Å². The van der Waals surface area contributed by atoms with Crippen molar-refractivity contribution in [2.24, 2.45) is 7.05 Å². The van der Waals surface area contributed by atoms with E-state index in [2.05, 4.69) is 20.4 Å². The van der Waals surface area contributed by atoms with Gasteiger partial charge in [-0.2, -0.15) is 5.10 Å². The number of carbonyl (C=O) groups excluding carboxylic acids is 1. The fraction of sp³-hybridized carbons (Fsp3) is 0.273. The van der Waals surface area contributed by atoms with Crippen LogP contribution in [-0.2, 0) is 13.5 Å². The first-order valence-corrected chi connectivity index (χ1v) is 10.7. The number of pyridine rings is 2. The van der Waals surface area contributed by atoms with E-state index in [1.807, 2.05) is 43.0 Å². The van der Waals surface area contributed by atoms with Gasteiger partial charge in [0, 0.05) is 49.3 Å². The van der Waals surface area contributed by atoms with Crippen molar-refractivity contribution in [3.63, 3.8) is 0 Å². The number of hydrogen-bond donors (Lipinski definition) is 1. The maximum atomic E-state index is 13.1. The minimum absolute atomic E-state index is 0.250. The van der Waals surface area contributed by atoms with Crippen molar-refractivity contribution < 1.29 is 13.6 Å². The van der Waals surface area contributed by atoms with E-state index in [0.717, 1.165) is 32.6 Å². The number of nitrogens with one attached hydrogen (secondary N) is 1. The summed E-state index contributed by atoms with van der Waals surface area (Å²) >= 11 is 1.45. The maximum Gasteiger partial charge on any atom is 0.270 e. The molecule has 4 heterocycles. The lowest BCUT2D eigenvalue weighted by atomic mass is 9.88. The van der Waals surface area contributed by atoms with Crippen LogP contribution < -0.4 is 5.32 Å². The van der Waals surface area contributed by atoms with Crippen LogP contribution in [0.5, 0.6) is 0 Å². The Morgan fingerprint density at radius 2 is 2.13 bits per heavy atom. The van der Waals surface area contributed by atoms with Crippen molar-refractivity contribution in [2.45, 2.75) is 31.2 Å². The van der Waals surface area contributed by atoms with Gasteiger partial charge in [-0.15, -0.1) is 11.3 Å². The predicted molar refractivity (Wildman–Crippen MR) is 114 cm³/mol. The number of hydrogen-bond acceptors (Lipinski definition) is 5. The zero-order valence-corrected chi connectivity index (χ0v) is 17.5. The predicted octanol–water partition coefficient (Wildman–Crippen LogP) is 4.21. The summed E-state index contributed by atoms with van der Waals surface area (Å²) in [6, 6.07) is 7.17. The topological polar surface area (TPSA) is 72.7 Å². The van der Waals surface area contributed by atoms with Crippen LogP contribution in [0.3, 0.4) is 0 Å². The highest BCUT2D eigenvalue weighted by molar-refractivity contribution is 7.16. The molecule has 0 unspecified atom stereocenters. The first-order valence-electron chi connectivity index (χ1n) is 9.86. The molecule has 0 saturated heterocycles. The van der Waals surface area contributed by atoms with Crippen LogP contribution in [-0.4, -0.2) is 37.6 Å². The SMILES string of the molecule is Cn1cc(-c2ccc(Cc3cc(C(=O)NC4CC(F)(F)C4)nc4sccc34)cn2)cn1. The molecule has 9 heteroatoms. The minimum atomic E-state index is -2.68. The van der Waals surface area contributed by atoms with E-state index >= 15 is 0 Å².